The van der Waals surface area contributed by atoms with E-state index in [-0.39, 0.29) is 17.6 Å². The minimum absolute atomic E-state index is 0.109. The first kappa shape index (κ1) is 15.5. The monoisotopic (exact) mass is 316 g/mol. The van der Waals surface area contributed by atoms with Gasteiger partial charge in [-0.05, 0) is 25.0 Å². The Labute approximate surface area is 134 Å². The van der Waals surface area contributed by atoms with Crippen LogP contribution in [0, 0.1) is 0 Å². The zero-order valence-corrected chi connectivity index (χ0v) is 13.1. The van der Waals surface area contributed by atoms with E-state index < -0.39 is 0 Å². The van der Waals surface area contributed by atoms with Gasteiger partial charge >= 0.3 is 0 Å². The smallest absolute Gasteiger partial charge is 0.287 e. The molecule has 0 atom stereocenters. The first-order chi connectivity index (χ1) is 11.2. The number of likely N-dealkylation sites (tertiary alicyclic amines) is 1. The number of hydrogen-bond acceptors (Lipinski definition) is 4. The summed E-state index contributed by atoms with van der Waals surface area (Å²) in [6.07, 6.45) is 3.78. The lowest BCUT2D eigenvalue weighted by atomic mass is 10.3. The number of rotatable bonds is 5. The summed E-state index contributed by atoms with van der Waals surface area (Å²) in [7, 11) is 1.57. The number of carbonyl (C=O) groups is 2. The van der Waals surface area contributed by atoms with Crippen LogP contribution in [0.25, 0.3) is 5.52 Å². The van der Waals surface area contributed by atoms with Crippen LogP contribution in [0.4, 0.5) is 0 Å². The topological polar surface area (TPSA) is 75.9 Å². The van der Waals surface area contributed by atoms with Crippen molar-refractivity contribution >= 4 is 17.3 Å². The summed E-state index contributed by atoms with van der Waals surface area (Å²) in [5, 5.41) is 2.74. The number of fused-ring (bicyclic) bond motifs is 1. The molecule has 23 heavy (non-hydrogen) atoms. The molecule has 3 heterocycles. The maximum Gasteiger partial charge on any atom is 0.287 e. The van der Waals surface area contributed by atoms with Gasteiger partial charge in [-0.2, -0.15) is 0 Å². The minimum Gasteiger partial charge on any atom is -0.383 e. The molecule has 1 fully saturated rings. The van der Waals surface area contributed by atoms with Gasteiger partial charge < -0.3 is 15.0 Å². The molecular formula is C16H20N4O3. The van der Waals surface area contributed by atoms with Gasteiger partial charge in [0.2, 0.25) is 5.82 Å². The van der Waals surface area contributed by atoms with Crippen molar-refractivity contribution in [1.29, 1.82) is 0 Å². The highest BCUT2D eigenvalue weighted by atomic mass is 16.5. The van der Waals surface area contributed by atoms with Gasteiger partial charge in [-0.1, -0.05) is 6.07 Å². The molecule has 2 amide bonds. The number of nitrogens with one attached hydrogen (secondary N) is 1. The maximum atomic E-state index is 12.7. The number of carbonyl (C=O) groups excluding carboxylic acids is 2. The van der Waals surface area contributed by atoms with Crippen LogP contribution in [0.5, 0.6) is 0 Å². The molecule has 0 aliphatic carbocycles. The lowest BCUT2D eigenvalue weighted by Gasteiger charge is -2.13. The third-order valence-electron chi connectivity index (χ3n) is 3.94. The van der Waals surface area contributed by atoms with Crippen LogP contribution in [0.1, 0.15) is 33.9 Å². The summed E-state index contributed by atoms with van der Waals surface area (Å²) in [6, 6.07) is 5.46. The van der Waals surface area contributed by atoms with E-state index in [2.05, 4.69) is 10.3 Å². The van der Waals surface area contributed by atoms with Gasteiger partial charge in [0.1, 0.15) is 0 Å². The minimum atomic E-state index is -0.316. The number of nitrogens with zero attached hydrogens (tertiary/aromatic N) is 3. The fourth-order valence-corrected chi connectivity index (χ4v) is 2.77. The Bertz CT molecular complexity index is 719. The first-order valence-electron chi connectivity index (χ1n) is 7.76. The summed E-state index contributed by atoms with van der Waals surface area (Å²) in [4.78, 5) is 31.1. The van der Waals surface area contributed by atoms with Crippen LogP contribution in [-0.2, 0) is 4.74 Å². The van der Waals surface area contributed by atoms with E-state index in [0.29, 0.717) is 24.4 Å². The zero-order valence-electron chi connectivity index (χ0n) is 13.1. The SMILES string of the molecule is COCCNC(=O)c1nc(C(=O)N2CCCC2)c2ccccn12. The maximum absolute atomic E-state index is 12.7. The Hall–Kier alpha value is -2.41. The molecule has 7 nitrogen and oxygen atoms in total. The van der Waals surface area contributed by atoms with E-state index in [0.717, 1.165) is 25.9 Å². The highest BCUT2D eigenvalue weighted by molar-refractivity contribution is 6.02. The Kier molecular flexibility index (Phi) is 4.57. The fraction of sp³-hybridized carbons (Fsp3) is 0.438. The van der Waals surface area contributed by atoms with E-state index in [1.807, 2.05) is 18.2 Å². The predicted octanol–water partition coefficient (Wildman–Crippen LogP) is 0.946. The Balaban J connectivity index is 1.93. The fourth-order valence-electron chi connectivity index (χ4n) is 2.77. The molecule has 1 aliphatic heterocycles. The Morgan fingerprint density at radius 1 is 1.30 bits per heavy atom. The molecule has 1 aliphatic rings. The zero-order chi connectivity index (χ0) is 16.2. The van der Waals surface area contributed by atoms with Crippen molar-refractivity contribution in [2.45, 2.75) is 12.8 Å². The van der Waals surface area contributed by atoms with Crippen molar-refractivity contribution in [2.75, 3.05) is 33.4 Å². The largest absolute Gasteiger partial charge is 0.383 e. The second kappa shape index (κ2) is 6.78. The van der Waals surface area contributed by atoms with E-state index in [4.69, 9.17) is 4.74 Å². The number of pyridine rings is 1. The van der Waals surface area contributed by atoms with Gasteiger partial charge in [0.15, 0.2) is 5.69 Å². The number of aromatic nitrogens is 2. The van der Waals surface area contributed by atoms with Crippen LogP contribution >= 0.6 is 0 Å². The van der Waals surface area contributed by atoms with Crippen LogP contribution < -0.4 is 5.32 Å². The number of hydrogen-bond donors (Lipinski definition) is 1. The molecule has 0 unspecified atom stereocenters. The van der Waals surface area contributed by atoms with Gasteiger partial charge in [0.25, 0.3) is 11.8 Å². The van der Waals surface area contributed by atoms with Crippen molar-refractivity contribution in [3.8, 4) is 0 Å². The van der Waals surface area contributed by atoms with Crippen LogP contribution in [0.3, 0.4) is 0 Å². The second-order valence-electron chi connectivity index (χ2n) is 5.49. The van der Waals surface area contributed by atoms with Gasteiger partial charge in [-0.15, -0.1) is 0 Å². The van der Waals surface area contributed by atoms with Crippen molar-refractivity contribution in [2.24, 2.45) is 0 Å². The molecule has 0 aromatic carbocycles. The molecule has 7 heteroatoms. The third-order valence-corrected chi connectivity index (χ3v) is 3.94. The van der Waals surface area contributed by atoms with Crippen LogP contribution in [-0.4, -0.2) is 59.4 Å². The third kappa shape index (κ3) is 3.05. The van der Waals surface area contributed by atoms with Crippen molar-refractivity contribution < 1.29 is 14.3 Å². The summed E-state index contributed by atoms with van der Waals surface area (Å²) in [5.41, 5.74) is 0.991. The number of ether oxygens (including phenoxy) is 1. The standard InChI is InChI=1S/C16H20N4O3/c1-23-11-7-17-15(21)14-18-13(12-6-2-3-10-20(12)14)16(22)19-8-4-5-9-19/h2-3,6,10H,4-5,7-9,11H2,1H3,(H,17,21). The van der Waals surface area contributed by atoms with Crippen LogP contribution in [0.15, 0.2) is 24.4 Å². The second-order valence-corrected chi connectivity index (χ2v) is 5.49. The van der Waals surface area contributed by atoms with Crippen LogP contribution in [0.2, 0.25) is 0 Å². The Morgan fingerprint density at radius 3 is 2.83 bits per heavy atom. The molecule has 2 aromatic rings. The molecule has 0 saturated carbocycles. The van der Waals surface area contributed by atoms with Gasteiger partial charge in [0.05, 0.1) is 12.1 Å². The van der Waals surface area contributed by atoms with Gasteiger partial charge in [0, 0.05) is 32.9 Å². The number of amides is 2. The lowest BCUT2D eigenvalue weighted by molar-refractivity contribution is 0.0789. The van der Waals surface area contributed by atoms with Gasteiger partial charge in [-0.25, -0.2) is 4.98 Å². The van der Waals surface area contributed by atoms with Gasteiger partial charge in [-0.3, -0.25) is 14.0 Å². The molecule has 1 saturated heterocycles. The molecule has 0 bridgehead atoms. The molecule has 3 rings (SSSR count). The molecule has 2 aromatic heterocycles. The average molecular weight is 316 g/mol. The highest BCUT2D eigenvalue weighted by Crippen LogP contribution is 2.18. The molecule has 122 valence electrons. The normalized spacial score (nSPS) is 14.4. The summed E-state index contributed by atoms with van der Waals surface area (Å²) in [5.74, 6) is -0.204. The first-order valence-corrected chi connectivity index (χ1v) is 7.76. The predicted molar refractivity (Wildman–Crippen MR) is 84.5 cm³/mol. The molecular weight excluding hydrogens is 296 g/mol. The highest BCUT2D eigenvalue weighted by Gasteiger charge is 2.26. The average Bonchev–Trinajstić information content (AvgIpc) is 3.22. The molecule has 1 N–H and O–H groups in total. The molecule has 0 radical (unpaired) electrons. The lowest BCUT2D eigenvalue weighted by Crippen LogP contribution is -2.29. The van der Waals surface area contributed by atoms with E-state index >= 15 is 0 Å². The van der Waals surface area contributed by atoms with Crippen molar-refractivity contribution in [3.63, 3.8) is 0 Å². The Morgan fingerprint density at radius 2 is 2.09 bits per heavy atom. The van der Waals surface area contributed by atoms with E-state index in [1.165, 1.54) is 0 Å². The van der Waals surface area contributed by atoms with Crippen molar-refractivity contribution in [1.82, 2.24) is 19.6 Å². The van der Waals surface area contributed by atoms with E-state index in [1.54, 1.807) is 22.6 Å². The summed E-state index contributed by atoms with van der Waals surface area (Å²) >= 11 is 0. The number of imidazole rings is 1. The quantitative estimate of drug-likeness (QED) is 0.833. The number of methoxy groups -OCH3 is 1. The van der Waals surface area contributed by atoms with Crippen molar-refractivity contribution in [3.05, 3.63) is 35.9 Å². The van der Waals surface area contributed by atoms with E-state index in [9.17, 15) is 9.59 Å². The summed E-state index contributed by atoms with van der Waals surface area (Å²) in [6.45, 7) is 2.32. The summed E-state index contributed by atoms with van der Waals surface area (Å²) < 4.78 is 6.58. The molecule has 0 spiro atoms.